The van der Waals surface area contributed by atoms with E-state index in [0.717, 1.165) is 42.1 Å². The fourth-order valence-corrected chi connectivity index (χ4v) is 2.52. The molecule has 0 N–H and O–H groups in total. The van der Waals surface area contributed by atoms with Gasteiger partial charge in [-0.05, 0) is 31.1 Å². The zero-order valence-electron chi connectivity index (χ0n) is 12.1. The van der Waals surface area contributed by atoms with Crippen molar-refractivity contribution in [3.05, 3.63) is 16.4 Å². The van der Waals surface area contributed by atoms with Crippen LogP contribution in [0.2, 0.25) is 5.02 Å². The molecule has 1 atom stereocenters. The molecule has 1 aromatic rings. The third kappa shape index (κ3) is 3.89. The van der Waals surface area contributed by atoms with Crippen LogP contribution in [0.3, 0.4) is 0 Å². The molecule has 0 aliphatic carbocycles. The molecule has 0 radical (unpaired) electrons. The van der Waals surface area contributed by atoms with Crippen LogP contribution in [-0.2, 0) is 19.9 Å². The van der Waals surface area contributed by atoms with Gasteiger partial charge in [-0.2, -0.15) is 5.10 Å². The first-order valence-electron chi connectivity index (χ1n) is 6.61. The molecule has 0 aromatic carbocycles. The van der Waals surface area contributed by atoms with Gasteiger partial charge in [-0.15, -0.1) is 11.6 Å². The molecule has 1 heterocycles. The first-order valence-corrected chi connectivity index (χ1v) is 7.43. The summed E-state index contributed by atoms with van der Waals surface area (Å²) < 4.78 is 1.90. The second-order valence-corrected chi connectivity index (χ2v) is 6.82. The fourth-order valence-electron chi connectivity index (χ4n) is 1.97. The maximum absolute atomic E-state index is 6.38. The van der Waals surface area contributed by atoms with E-state index >= 15 is 0 Å². The first-order chi connectivity index (χ1) is 8.27. The largest absolute Gasteiger partial charge is 0.271 e. The van der Waals surface area contributed by atoms with Gasteiger partial charge in [-0.1, -0.05) is 39.3 Å². The molecular formula is C14H24Cl2N2. The number of aromatic nitrogens is 2. The predicted molar refractivity (Wildman–Crippen MR) is 79.6 cm³/mol. The Labute approximate surface area is 121 Å². The Hall–Kier alpha value is -0.210. The number of nitrogens with zero attached hydrogens (tertiary/aromatic N) is 2. The van der Waals surface area contributed by atoms with Crippen LogP contribution in [0.4, 0.5) is 0 Å². The molecule has 0 amide bonds. The summed E-state index contributed by atoms with van der Waals surface area (Å²) in [6.07, 6.45) is 3.89. The van der Waals surface area contributed by atoms with E-state index in [2.05, 4.69) is 32.8 Å². The van der Waals surface area contributed by atoms with Crippen molar-refractivity contribution in [3.8, 4) is 0 Å². The Morgan fingerprint density at radius 1 is 1.33 bits per heavy atom. The standard InChI is InChI=1S/C14H24Cl2N2/c1-6-10-13(16)11(18(5)17-10)8-7-9-12(15)14(2,3)4/h12H,6-9H2,1-5H3. The van der Waals surface area contributed by atoms with Crippen molar-refractivity contribution in [1.29, 1.82) is 0 Å². The minimum absolute atomic E-state index is 0.159. The second-order valence-electron chi connectivity index (χ2n) is 5.91. The Morgan fingerprint density at radius 2 is 1.94 bits per heavy atom. The lowest BCUT2D eigenvalue weighted by Crippen LogP contribution is -2.20. The number of aryl methyl sites for hydroxylation is 2. The van der Waals surface area contributed by atoms with Gasteiger partial charge in [0.05, 0.1) is 16.4 Å². The maximum atomic E-state index is 6.38. The molecule has 0 aliphatic heterocycles. The van der Waals surface area contributed by atoms with E-state index in [9.17, 15) is 0 Å². The van der Waals surface area contributed by atoms with E-state index in [4.69, 9.17) is 23.2 Å². The lowest BCUT2D eigenvalue weighted by Gasteiger charge is -2.24. The molecule has 4 heteroatoms. The summed E-state index contributed by atoms with van der Waals surface area (Å²) in [6, 6.07) is 0. The summed E-state index contributed by atoms with van der Waals surface area (Å²) in [5, 5.41) is 5.47. The Kier molecular flexibility index (Phi) is 5.54. The Morgan fingerprint density at radius 3 is 2.39 bits per heavy atom. The van der Waals surface area contributed by atoms with Crippen molar-refractivity contribution in [2.24, 2.45) is 12.5 Å². The predicted octanol–water partition coefficient (Wildman–Crippen LogP) is 4.61. The SMILES string of the molecule is CCc1nn(C)c(CCCC(Cl)C(C)(C)C)c1Cl. The molecule has 2 nitrogen and oxygen atoms in total. The molecule has 18 heavy (non-hydrogen) atoms. The zero-order chi connectivity index (χ0) is 13.9. The summed E-state index contributed by atoms with van der Waals surface area (Å²) in [5.74, 6) is 0. The molecule has 1 rings (SSSR count). The molecule has 0 saturated carbocycles. The minimum Gasteiger partial charge on any atom is -0.271 e. The lowest BCUT2D eigenvalue weighted by atomic mass is 9.88. The molecule has 0 fully saturated rings. The van der Waals surface area contributed by atoms with Crippen molar-refractivity contribution in [2.75, 3.05) is 0 Å². The summed E-state index contributed by atoms with van der Waals surface area (Å²) >= 11 is 12.7. The summed E-state index contributed by atoms with van der Waals surface area (Å²) in [5.41, 5.74) is 2.28. The average Bonchev–Trinajstić information content (AvgIpc) is 2.54. The van der Waals surface area contributed by atoms with E-state index in [0.29, 0.717) is 0 Å². The van der Waals surface area contributed by atoms with Crippen molar-refractivity contribution >= 4 is 23.2 Å². The van der Waals surface area contributed by atoms with Gasteiger partial charge in [-0.25, -0.2) is 0 Å². The van der Waals surface area contributed by atoms with Crippen molar-refractivity contribution in [2.45, 2.75) is 58.8 Å². The zero-order valence-corrected chi connectivity index (χ0v) is 13.6. The molecule has 0 spiro atoms. The lowest BCUT2D eigenvalue weighted by molar-refractivity contribution is 0.368. The van der Waals surface area contributed by atoms with E-state index in [1.165, 1.54) is 0 Å². The van der Waals surface area contributed by atoms with E-state index < -0.39 is 0 Å². The maximum Gasteiger partial charge on any atom is 0.0849 e. The number of hydrogen-bond donors (Lipinski definition) is 0. The van der Waals surface area contributed by atoms with Crippen molar-refractivity contribution in [3.63, 3.8) is 0 Å². The van der Waals surface area contributed by atoms with Gasteiger partial charge in [-0.3, -0.25) is 4.68 Å². The number of alkyl halides is 1. The van der Waals surface area contributed by atoms with E-state index in [1.807, 2.05) is 11.7 Å². The van der Waals surface area contributed by atoms with E-state index in [-0.39, 0.29) is 10.8 Å². The van der Waals surface area contributed by atoms with Gasteiger partial charge in [0, 0.05) is 12.4 Å². The highest BCUT2D eigenvalue weighted by Gasteiger charge is 2.22. The first kappa shape index (κ1) is 15.8. The smallest absolute Gasteiger partial charge is 0.0849 e. The van der Waals surface area contributed by atoms with Crippen LogP contribution in [0.25, 0.3) is 0 Å². The van der Waals surface area contributed by atoms with Crippen LogP contribution in [-0.4, -0.2) is 15.2 Å². The fraction of sp³-hybridized carbons (Fsp3) is 0.786. The topological polar surface area (TPSA) is 17.8 Å². The highest BCUT2D eigenvalue weighted by atomic mass is 35.5. The second kappa shape index (κ2) is 6.29. The van der Waals surface area contributed by atoms with Gasteiger partial charge in [0.15, 0.2) is 0 Å². The molecule has 0 bridgehead atoms. The average molecular weight is 291 g/mol. The van der Waals surface area contributed by atoms with Crippen LogP contribution >= 0.6 is 23.2 Å². The third-order valence-corrected chi connectivity index (χ3v) is 4.62. The van der Waals surface area contributed by atoms with Gasteiger partial charge in [0.2, 0.25) is 0 Å². The number of halogens is 2. The van der Waals surface area contributed by atoms with Crippen molar-refractivity contribution in [1.82, 2.24) is 9.78 Å². The third-order valence-electron chi connectivity index (χ3n) is 3.31. The van der Waals surface area contributed by atoms with E-state index in [1.54, 1.807) is 0 Å². The van der Waals surface area contributed by atoms with Crippen molar-refractivity contribution < 1.29 is 0 Å². The summed E-state index contributed by atoms with van der Waals surface area (Å²) in [7, 11) is 1.96. The quantitative estimate of drug-likeness (QED) is 0.724. The van der Waals surface area contributed by atoms with Gasteiger partial charge < -0.3 is 0 Å². The number of rotatable bonds is 5. The van der Waals surface area contributed by atoms with Crippen LogP contribution in [0, 0.1) is 5.41 Å². The molecule has 1 aromatic heterocycles. The molecule has 0 saturated heterocycles. The minimum atomic E-state index is 0.159. The molecular weight excluding hydrogens is 267 g/mol. The Bertz CT molecular complexity index is 391. The van der Waals surface area contributed by atoms with Gasteiger partial charge >= 0.3 is 0 Å². The van der Waals surface area contributed by atoms with Crippen LogP contribution in [0.15, 0.2) is 0 Å². The highest BCUT2D eigenvalue weighted by Crippen LogP contribution is 2.29. The summed E-state index contributed by atoms with van der Waals surface area (Å²) in [4.78, 5) is 0. The molecule has 0 aliphatic rings. The number of hydrogen-bond acceptors (Lipinski definition) is 1. The van der Waals surface area contributed by atoms with Crippen LogP contribution < -0.4 is 0 Å². The Balaban J connectivity index is 2.57. The normalized spacial score (nSPS) is 13.9. The molecule has 1 unspecified atom stereocenters. The monoisotopic (exact) mass is 290 g/mol. The summed E-state index contributed by atoms with van der Waals surface area (Å²) in [6.45, 7) is 8.61. The van der Waals surface area contributed by atoms with Crippen LogP contribution in [0.1, 0.15) is 51.9 Å². The van der Waals surface area contributed by atoms with Crippen LogP contribution in [0.5, 0.6) is 0 Å². The highest BCUT2D eigenvalue weighted by molar-refractivity contribution is 6.31. The van der Waals surface area contributed by atoms with Gasteiger partial charge in [0.1, 0.15) is 0 Å². The molecule has 104 valence electrons. The van der Waals surface area contributed by atoms with Gasteiger partial charge in [0.25, 0.3) is 0 Å².